The summed E-state index contributed by atoms with van der Waals surface area (Å²) in [7, 11) is -2.31. The molecule has 0 aliphatic rings. The maximum Gasteiger partial charge on any atom is 0.263 e. The number of methoxy groups -OCH3 is 1. The topological polar surface area (TPSA) is 90.4 Å². The number of hydrogen-bond donors (Lipinski definition) is 1. The smallest absolute Gasteiger partial charge is 0.263 e. The lowest BCUT2D eigenvalue weighted by Crippen LogP contribution is -2.16. The van der Waals surface area contributed by atoms with Gasteiger partial charge in [0.05, 0.1) is 24.2 Å². The van der Waals surface area contributed by atoms with E-state index in [4.69, 9.17) is 9.47 Å². The molecule has 0 amide bonds. The van der Waals surface area contributed by atoms with E-state index in [-0.39, 0.29) is 10.7 Å². The van der Waals surface area contributed by atoms with Crippen molar-refractivity contribution in [3.05, 3.63) is 71.5 Å². The average Bonchev–Trinajstić information content (AvgIpc) is 2.71. The molecule has 0 aliphatic heterocycles. The molecule has 0 fully saturated rings. The highest BCUT2D eigenvalue weighted by molar-refractivity contribution is 7.92. The molecule has 7 nitrogen and oxygen atoms in total. The Morgan fingerprint density at radius 2 is 1.69 bits per heavy atom. The summed E-state index contributed by atoms with van der Waals surface area (Å²) in [6, 6.07) is 14.2. The molecular formula is C21H23N3O4S. The molecule has 1 aromatic heterocycles. The molecule has 1 N–H and O–H groups in total. The standard InChI is InChI=1S/C21H23N3O4S/c1-4-28-17-9-7-16(8-10-17)13-19-20(22-14-23-21(19)27-3)24-29(25,26)18-11-5-15(2)6-12-18/h5-12,14H,4,13H2,1-3H3,(H,22,23,24). The molecule has 0 unspecified atom stereocenters. The van der Waals surface area contributed by atoms with Crippen LogP contribution in [0.4, 0.5) is 5.82 Å². The van der Waals surface area contributed by atoms with Crippen molar-refractivity contribution in [3.63, 3.8) is 0 Å². The van der Waals surface area contributed by atoms with Crippen LogP contribution in [0.5, 0.6) is 11.6 Å². The number of ether oxygens (including phenoxy) is 2. The number of aromatic nitrogens is 2. The van der Waals surface area contributed by atoms with Gasteiger partial charge in [-0.05, 0) is 43.7 Å². The van der Waals surface area contributed by atoms with Crippen LogP contribution in [0.25, 0.3) is 0 Å². The number of benzene rings is 2. The number of aryl methyl sites for hydroxylation is 1. The van der Waals surface area contributed by atoms with E-state index < -0.39 is 10.0 Å². The molecule has 0 atom stereocenters. The first-order valence-electron chi connectivity index (χ1n) is 9.12. The van der Waals surface area contributed by atoms with E-state index in [0.29, 0.717) is 24.5 Å². The van der Waals surface area contributed by atoms with Gasteiger partial charge in [-0.15, -0.1) is 0 Å². The fourth-order valence-corrected chi connectivity index (χ4v) is 3.84. The van der Waals surface area contributed by atoms with Gasteiger partial charge in [-0.2, -0.15) is 0 Å². The number of rotatable bonds is 8. The molecule has 0 aliphatic carbocycles. The molecule has 0 bridgehead atoms. The van der Waals surface area contributed by atoms with Gasteiger partial charge in [0.2, 0.25) is 5.88 Å². The van der Waals surface area contributed by atoms with Gasteiger partial charge < -0.3 is 9.47 Å². The van der Waals surface area contributed by atoms with Gasteiger partial charge in [0.25, 0.3) is 10.0 Å². The van der Waals surface area contributed by atoms with E-state index in [9.17, 15) is 8.42 Å². The first-order valence-corrected chi connectivity index (χ1v) is 10.6. The van der Waals surface area contributed by atoms with Crippen molar-refractivity contribution in [2.24, 2.45) is 0 Å². The van der Waals surface area contributed by atoms with Crippen LogP contribution in [0.2, 0.25) is 0 Å². The van der Waals surface area contributed by atoms with Gasteiger partial charge in [0.15, 0.2) is 5.82 Å². The van der Waals surface area contributed by atoms with E-state index in [1.54, 1.807) is 24.3 Å². The number of nitrogens with one attached hydrogen (secondary N) is 1. The van der Waals surface area contributed by atoms with Crippen LogP contribution in [0.15, 0.2) is 59.8 Å². The third kappa shape index (κ3) is 5.03. The fourth-order valence-electron chi connectivity index (χ4n) is 2.80. The lowest BCUT2D eigenvalue weighted by atomic mass is 10.1. The summed E-state index contributed by atoms with van der Waals surface area (Å²) in [6.45, 7) is 4.41. The number of anilines is 1. The van der Waals surface area contributed by atoms with Gasteiger partial charge in [-0.1, -0.05) is 29.8 Å². The lowest BCUT2D eigenvalue weighted by Gasteiger charge is -2.14. The van der Waals surface area contributed by atoms with Crippen molar-refractivity contribution in [1.82, 2.24) is 9.97 Å². The normalized spacial score (nSPS) is 11.1. The molecule has 3 rings (SSSR count). The summed E-state index contributed by atoms with van der Waals surface area (Å²) in [5, 5.41) is 0. The van der Waals surface area contributed by atoms with Gasteiger partial charge in [-0.25, -0.2) is 18.4 Å². The Bertz CT molecular complexity index is 1070. The summed E-state index contributed by atoms with van der Waals surface area (Å²) in [5.41, 5.74) is 2.47. The van der Waals surface area contributed by atoms with Crippen LogP contribution in [0.1, 0.15) is 23.6 Å². The molecule has 8 heteroatoms. The Morgan fingerprint density at radius 3 is 2.31 bits per heavy atom. The zero-order valence-electron chi connectivity index (χ0n) is 16.5. The number of hydrogen-bond acceptors (Lipinski definition) is 6. The molecule has 152 valence electrons. The predicted octanol–water partition coefficient (Wildman–Crippen LogP) is 3.58. The maximum absolute atomic E-state index is 12.8. The average molecular weight is 413 g/mol. The van der Waals surface area contributed by atoms with Crippen molar-refractivity contribution in [1.29, 1.82) is 0 Å². The second-order valence-electron chi connectivity index (χ2n) is 6.38. The third-order valence-corrected chi connectivity index (χ3v) is 5.63. The van der Waals surface area contributed by atoms with Crippen molar-refractivity contribution in [2.75, 3.05) is 18.4 Å². The lowest BCUT2D eigenvalue weighted by molar-refractivity contribution is 0.340. The van der Waals surface area contributed by atoms with Crippen molar-refractivity contribution in [3.8, 4) is 11.6 Å². The number of sulfonamides is 1. The summed E-state index contributed by atoms with van der Waals surface area (Å²) < 4.78 is 39.0. The predicted molar refractivity (Wildman–Crippen MR) is 111 cm³/mol. The van der Waals surface area contributed by atoms with Crippen LogP contribution in [0, 0.1) is 6.92 Å². The second-order valence-corrected chi connectivity index (χ2v) is 8.06. The molecule has 0 radical (unpaired) electrons. The van der Waals surface area contributed by atoms with Crippen LogP contribution in [-0.2, 0) is 16.4 Å². The van der Waals surface area contributed by atoms with Crippen LogP contribution in [-0.4, -0.2) is 32.1 Å². The number of nitrogens with zero attached hydrogens (tertiary/aromatic N) is 2. The molecule has 0 spiro atoms. The van der Waals surface area contributed by atoms with Crippen LogP contribution in [0.3, 0.4) is 0 Å². The van der Waals surface area contributed by atoms with Crippen molar-refractivity contribution < 1.29 is 17.9 Å². The zero-order chi connectivity index (χ0) is 20.9. The van der Waals surface area contributed by atoms with Gasteiger partial charge >= 0.3 is 0 Å². The summed E-state index contributed by atoms with van der Waals surface area (Å²) in [5.74, 6) is 1.27. The minimum atomic E-state index is -3.80. The molecule has 1 heterocycles. The van der Waals surface area contributed by atoms with Crippen LogP contribution < -0.4 is 14.2 Å². The van der Waals surface area contributed by atoms with E-state index in [0.717, 1.165) is 16.9 Å². The van der Waals surface area contributed by atoms with Gasteiger partial charge in [0.1, 0.15) is 12.1 Å². The van der Waals surface area contributed by atoms with Crippen molar-refractivity contribution in [2.45, 2.75) is 25.2 Å². The van der Waals surface area contributed by atoms with Gasteiger partial charge in [-0.3, -0.25) is 4.72 Å². The Balaban J connectivity index is 1.92. The third-order valence-electron chi connectivity index (χ3n) is 4.28. The minimum Gasteiger partial charge on any atom is -0.494 e. The molecule has 29 heavy (non-hydrogen) atoms. The zero-order valence-corrected chi connectivity index (χ0v) is 17.4. The Kier molecular flexibility index (Phi) is 6.33. The Labute approximate surface area is 170 Å². The van der Waals surface area contributed by atoms with E-state index in [1.807, 2.05) is 38.1 Å². The highest BCUT2D eigenvalue weighted by atomic mass is 32.2. The largest absolute Gasteiger partial charge is 0.494 e. The first-order chi connectivity index (χ1) is 13.9. The van der Waals surface area contributed by atoms with Gasteiger partial charge in [0, 0.05) is 6.42 Å². The molecule has 3 aromatic rings. The Hall–Kier alpha value is -3.13. The van der Waals surface area contributed by atoms with Crippen molar-refractivity contribution >= 4 is 15.8 Å². The minimum absolute atomic E-state index is 0.160. The fraction of sp³-hybridized carbons (Fsp3) is 0.238. The molecule has 2 aromatic carbocycles. The summed E-state index contributed by atoms with van der Waals surface area (Å²) in [4.78, 5) is 8.44. The van der Waals surface area contributed by atoms with Crippen LogP contribution >= 0.6 is 0 Å². The SMILES string of the molecule is CCOc1ccc(Cc2c(NS(=O)(=O)c3ccc(C)cc3)ncnc2OC)cc1. The summed E-state index contributed by atoms with van der Waals surface area (Å²) >= 11 is 0. The molecular weight excluding hydrogens is 390 g/mol. The molecule has 0 saturated heterocycles. The van der Waals surface area contributed by atoms with E-state index in [2.05, 4.69) is 14.7 Å². The quantitative estimate of drug-likeness (QED) is 0.607. The second kappa shape index (κ2) is 8.91. The van der Waals surface area contributed by atoms with E-state index in [1.165, 1.54) is 13.4 Å². The maximum atomic E-state index is 12.8. The highest BCUT2D eigenvalue weighted by Crippen LogP contribution is 2.27. The summed E-state index contributed by atoms with van der Waals surface area (Å²) in [6.07, 6.45) is 1.66. The van der Waals surface area contributed by atoms with E-state index >= 15 is 0 Å². The molecule has 0 saturated carbocycles. The Morgan fingerprint density at radius 1 is 1.00 bits per heavy atom. The first kappa shape index (κ1) is 20.6. The highest BCUT2D eigenvalue weighted by Gasteiger charge is 2.20. The monoisotopic (exact) mass is 413 g/mol.